The summed E-state index contributed by atoms with van der Waals surface area (Å²) in [4.78, 5) is 0. The molecule has 0 heterocycles. The third-order valence-electron chi connectivity index (χ3n) is 4.72. The maximum absolute atomic E-state index is 12.3. The molecule has 0 bridgehead atoms. The van der Waals surface area contributed by atoms with E-state index in [4.69, 9.17) is 4.74 Å². The van der Waals surface area contributed by atoms with E-state index in [0.29, 0.717) is 13.1 Å². The largest absolute Gasteiger partial charge is 0.497 e. The van der Waals surface area contributed by atoms with E-state index in [1.807, 2.05) is 30.3 Å². The fraction of sp³-hybridized carbons (Fsp3) is 0.368. The Kier molecular flexibility index (Phi) is 5.51. The Morgan fingerprint density at radius 3 is 2.56 bits per heavy atom. The molecular weight excluding hydrogens is 402 g/mol. The summed E-state index contributed by atoms with van der Waals surface area (Å²) in [6, 6.07) is 13.8. The maximum Gasteiger partial charge on any atom is 0.211 e. The molecule has 1 unspecified atom stereocenters. The third-order valence-corrected chi connectivity index (χ3v) is 6.43. The van der Waals surface area contributed by atoms with Crippen LogP contribution in [0.5, 0.6) is 5.75 Å². The van der Waals surface area contributed by atoms with Crippen LogP contribution in [0.1, 0.15) is 29.0 Å². The minimum atomic E-state index is -3.28. The monoisotopic (exact) mass is 423 g/mol. The van der Waals surface area contributed by atoms with Crippen LogP contribution < -0.4 is 4.74 Å². The molecule has 4 nitrogen and oxygen atoms in total. The number of benzene rings is 2. The Hall–Kier alpha value is -1.37. The molecule has 1 aliphatic carbocycles. The van der Waals surface area contributed by atoms with Crippen molar-refractivity contribution in [1.82, 2.24) is 4.31 Å². The zero-order valence-corrected chi connectivity index (χ0v) is 16.8. The van der Waals surface area contributed by atoms with Gasteiger partial charge < -0.3 is 4.74 Å². The highest BCUT2D eigenvalue weighted by Gasteiger charge is 2.28. The van der Waals surface area contributed by atoms with Crippen LogP contribution in [0.4, 0.5) is 0 Å². The molecule has 0 aliphatic heterocycles. The number of rotatable bonds is 6. The summed E-state index contributed by atoms with van der Waals surface area (Å²) in [5.74, 6) is 1.01. The molecule has 0 N–H and O–H groups in total. The number of fused-ring (bicyclic) bond motifs is 1. The number of aryl methyl sites for hydroxylation is 1. The molecule has 0 saturated carbocycles. The van der Waals surface area contributed by atoms with Crippen LogP contribution in [-0.4, -0.2) is 32.6 Å². The van der Waals surface area contributed by atoms with Gasteiger partial charge >= 0.3 is 0 Å². The van der Waals surface area contributed by atoms with Crippen molar-refractivity contribution in [3.05, 3.63) is 63.6 Å². The zero-order chi connectivity index (χ0) is 18.0. The summed E-state index contributed by atoms with van der Waals surface area (Å²) >= 11 is 3.51. The van der Waals surface area contributed by atoms with Gasteiger partial charge in [-0.3, -0.25) is 0 Å². The second kappa shape index (κ2) is 7.48. The van der Waals surface area contributed by atoms with Gasteiger partial charge in [0, 0.05) is 17.6 Å². The second-order valence-electron chi connectivity index (χ2n) is 6.48. The van der Waals surface area contributed by atoms with E-state index < -0.39 is 10.0 Å². The summed E-state index contributed by atoms with van der Waals surface area (Å²) in [6.07, 6.45) is 3.27. The first-order chi connectivity index (χ1) is 11.9. The van der Waals surface area contributed by atoms with Crippen LogP contribution in [-0.2, 0) is 23.0 Å². The lowest BCUT2D eigenvalue weighted by atomic mass is 10.0. The molecule has 6 heteroatoms. The lowest BCUT2D eigenvalue weighted by Crippen LogP contribution is -2.33. The number of sulfonamides is 1. The Morgan fingerprint density at radius 2 is 1.92 bits per heavy atom. The van der Waals surface area contributed by atoms with Crippen LogP contribution >= 0.6 is 15.9 Å². The van der Waals surface area contributed by atoms with Crippen LogP contribution in [0.3, 0.4) is 0 Å². The predicted molar refractivity (Wildman–Crippen MR) is 103 cm³/mol. The van der Waals surface area contributed by atoms with E-state index in [1.54, 1.807) is 11.4 Å². The van der Waals surface area contributed by atoms with Crippen molar-refractivity contribution in [3.8, 4) is 5.75 Å². The maximum atomic E-state index is 12.3. The van der Waals surface area contributed by atoms with Crippen LogP contribution in [0.2, 0.25) is 0 Å². The molecule has 2 aromatic rings. The van der Waals surface area contributed by atoms with Gasteiger partial charge in [0.2, 0.25) is 10.0 Å². The number of halogens is 1. The van der Waals surface area contributed by atoms with Gasteiger partial charge in [-0.2, -0.15) is 4.31 Å². The Bertz CT molecular complexity index is 849. The van der Waals surface area contributed by atoms with E-state index in [0.717, 1.165) is 28.6 Å². The molecule has 0 fully saturated rings. The van der Waals surface area contributed by atoms with Crippen LogP contribution in [0.25, 0.3) is 0 Å². The SMILES string of the molecule is COc1ccc(CN(CC2CCc3cc(Br)ccc32)S(C)(=O)=O)cc1. The first kappa shape index (κ1) is 18.4. The van der Waals surface area contributed by atoms with E-state index in [1.165, 1.54) is 17.4 Å². The molecule has 0 spiro atoms. The summed E-state index contributed by atoms with van der Waals surface area (Å²) < 4.78 is 32.4. The summed E-state index contributed by atoms with van der Waals surface area (Å²) in [5, 5.41) is 0. The minimum Gasteiger partial charge on any atom is -0.497 e. The highest BCUT2D eigenvalue weighted by atomic mass is 79.9. The van der Waals surface area contributed by atoms with Gasteiger partial charge in [0.1, 0.15) is 5.75 Å². The van der Waals surface area contributed by atoms with Crippen molar-refractivity contribution in [2.24, 2.45) is 0 Å². The Balaban J connectivity index is 1.79. The summed E-state index contributed by atoms with van der Waals surface area (Å²) in [6.45, 7) is 0.894. The van der Waals surface area contributed by atoms with Gasteiger partial charge in [0.15, 0.2) is 0 Å². The van der Waals surface area contributed by atoms with Crippen molar-refractivity contribution in [1.29, 1.82) is 0 Å². The molecule has 25 heavy (non-hydrogen) atoms. The minimum absolute atomic E-state index is 0.246. The Morgan fingerprint density at radius 1 is 1.20 bits per heavy atom. The second-order valence-corrected chi connectivity index (χ2v) is 9.38. The lowest BCUT2D eigenvalue weighted by molar-refractivity contribution is 0.379. The standard InChI is InChI=1S/C19H22BrNO3S/c1-24-18-8-3-14(4-9-18)12-21(25(2,22)23)13-16-6-5-15-11-17(20)7-10-19(15)16/h3-4,7-11,16H,5-6,12-13H2,1-2H3. The topological polar surface area (TPSA) is 46.6 Å². The average molecular weight is 424 g/mol. The molecule has 3 rings (SSSR count). The molecule has 1 atom stereocenters. The van der Waals surface area contributed by atoms with E-state index >= 15 is 0 Å². The van der Waals surface area contributed by atoms with Gasteiger partial charge in [-0.05, 0) is 59.7 Å². The first-order valence-electron chi connectivity index (χ1n) is 8.23. The van der Waals surface area contributed by atoms with Gasteiger partial charge in [0.05, 0.1) is 13.4 Å². The van der Waals surface area contributed by atoms with Crippen LogP contribution in [0.15, 0.2) is 46.9 Å². The van der Waals surface area contributed by atoms with Gasteiger partial charge in [-0.1, -0.05) is 34.1 Å². The quantitative estimate of drug-likeness (QED) is 0.706. The predicted octanol–water partition coefficient (Wildman–Crippen LogP) is 3.95. The van der Waals surface area contributed by atoms with Crippen molar-refractivity contribution in [2.45, 2.75) is 25.3 Å². The van der Waals surface area contributed by atoms with Gasteiger partial charge in [-0.25, -0.2) is 8.42 Å². The highest BCUT2D eigenvalue weighted by molar-refractivity contribution is 9.10. The zero-order valence-electron chi connectivity index (χ0n) is 14.4. The third kappa shape index (κ3) is 4.43. The van der Waals surface area contributed by atoms with Gasteiger partial charge in [0.25, 0.3) is 0 Å². The van der Waals surface area contributed by atoms with Gasteiger partial charge in [-0.15, -0.1) is 0 Å². The summed E-state index contributed by atoms with van der Waals surface area (Å²) in [7, 11) is -1.67. The van der Waals surface area contributed by atoms with E-state index in [9.17, 15) is 8.42 Å². The van der Waals surface area contributed by atoms with Crippen molar-refractivity contribution in [3.63, 3.8) is 0 Å². The van der Waals surface area contributed by atoms with E-state index in [2.05, 4.69) is 28.1 Å². The molecule has 134 valence electrons. The lowest BCUT2D eigenvalue weighted by Gasteiger charge is -2.24. The highest BCUT2D eigenvalue weighted by Crippen LogP contribution is 2.35. The average Bonchev–Trinajstić information content (AvgIpc) is 2.96. The molecule has 0 amide bonds. The first-order valence-corrected chi connectivity index (χ1v) is 10.9. The number of methoxy groups -OCH3 is 1. The number of hydrogen-bond acceptors (Lipinski definition) is 3. The molecule has 0 aromatic heterocycles. The normalized spacial score (nSPS) is 16.9. The fourth-order valence-corrected chi connectivity index (χ4v) is 4.60. The number of ether oxygens (including phenoxy) is 1. The molecular formula is C19H22BrNO3S. The van der Waals surface area contributed by atoms with Crippen molar-refractivity contribution >= 4 is 26.0 Å². The molecule has 0 saturated heterocycles. The molecule has 2 aromatic carbocycles. The molecule has 0 radical (unpaired) electrons. The smallest absolute Gasteiger partial charge is 0.211 e. The van der Waals surface area contributed by atoms with Crippen molar-refractivity contribution < 1.29 is 13.2 Å². The number of hydrogen-bond donors (Lipinski definition) is 0. The number of nitrogens with zero attached hydrogens (tertiary/aromatic N) is 1. The van der Waals surface area contributed by atoms with E-state index in [-0.39, 0.29) is 5.92 Å². The molecule has 1 aliphatic rings. The fourth-order valence-electron chi connectivity index (χ4n) is 3.36. The summed E-state index contributed by atoms with van der Waals surface area (Å²) in [5.41, 5.74) is 3.55. The van der Waals surface area contributed by atoms with Crippen LogP contribution in [0, 0.1) is 0 Å². The Labute approximate surface area is 158 Å². The van der Waals surface area contributed by atoms with Crippen molar-refractivity contribution in [2.75, 3.05) is 19.9 Å².